The highest BCUT2D eigenvalue weighted by molar-refractivity contribution is 7.13. The van der Waals surface area contributed by atoms with E-state index in [-0.39, 0.29) is 17.7 Å². The van der Waals surface area contributed by atoms with E-state index in [4.69, 9.17) is 4.42 Å². The van der Waals surface area contributed by atoms with E-state index in [0.29, 0.717) is 36.3 Å². The molecule has 6 nitrogen and oxygen atoms in total. The van der Waals surface area contributed by atoms with Crippen LogP contribution in [-0.2, 0) is 4.79 Å². The number of piperidine rings is 1. The molecule has 1 saturated heterocycles. The number of thiazole rings is 1. The second-order valence-electron chi connectivity index (χ2n) is 6.04. The number of anilines is 1. The zero-order chi connectivity index (χ0) is 16.9. The Morgan fingerprint density at radius 3 is 3.00 bits per heavy atom. The number of hydrogen-bond donors (Lipinski definition) is 1. The van der Waals surface area contributed by atoms with Crippen LogP contribution in [0.4, 0.5) is 5.13 Å². The summed E-state index contributed by atoms with van der Waals surface area (Å²) in [6.07, 6.45) is 5.43. The van der Waals surface area contributed by atoms with E-state index in [0.717, 1.165) is 12.8 Å². The highest BCUT2D eigenvalue weighted by atomic mass is 32.1. The fourth-order valence-electron chi connectivity index (χ4n) is 3.25. The molecule has 0 aliphatic carbocycles. The van der Waals surface area contributed by atoms with Gasteiger partial charge in [-0.05, 0) is 30.4 Å². The first-order valence-corrected chi connectivity index (χ1v) is 9.07. The molecule has 1 aliphatic heterocycles. The molecule has 0 aromatic carbocycles. The van der Waals surface area contributed by atoms with E-state index in [1.54, 1.807) is 18.3 Å². The van der Waals surface area contributed by atoms with Crippen LogP contribution >= 0.6 is 11.3 Å². The third-order valence-electron chi connectivity index (χ3n) is 4.56. The lowest BCUT2D eigenvalue weighted by Crippen LogP contribution is -2.44. The summed E-state index contributed by atoms with van der Waals surface area (Å²) in [5.41, 5.74) is 0. The van der Waals surface area contributed by atoms with Crippen molar-refractivity contribution in [2.45, 2.75) is 26.2 Å². The number of carbonyl (C=O) groups is 2. The van der Waals surface area contributed by atoms with Gasteiger partial charge in [-0.25, -0.2) is 4.98 Å². The van der Waals surface area contributed by atoms with Gasteiger partial charge >= 0.3 is 0 Å². The SMILES string of the molecule is CC[C@H]1CN(C(=O)c2ccco2)CC[C@H]1CC(=O)Nc1nccs1. The largest absolute Gasteiger partial charge is 0.459 e. The van der Waals surface area contributed by atoms with E-state index in [9.17, 15) is 9.59 Å². The maximum atomic E-state index is 12.4. The minimum Gasteiger partial charge on any atom is -0.459 e. The van der Waals surface area contributed by atoms with E-state index in [2.05, 4.69) is 17.2 Å². The number of aromatic nitrogens is 1. The van der Waals surface area contributed by atoms with Gasteiger partial charge in [-0.1, -0.05) is 13.3 Å². The molecular formula is C17H21N3O3S. The molecule has 2 amide bonds. The Kier molecular flexibility index (Phi) is 5.30. The van der Waals surface area contributed by atoms with Gasteiger partial charge in [0.15, 0.2) is 10.9 Å². The lowest BCUT2D eigenvalue weighted by atomic mass is 9.81. The number of nitrogens with zero attached hydrogens (tertiary/aromatic N) is 2. The average molecular weight is 347 g/mol. The highest BCUT2D eigenvalue weighted by Crippen LogP contribution is 2.30. The van der Waals surface area contributed by atoms with Crippen LogP contribution in [0.2, 0.25) is 0 Å². The van der Waals surface area contributed by atoms with Gasteiger partial charge in [-0.3, -0.25) is 9.59 Å². The summed E-state index contributed by atoms with van der Waals surface area (Å²) in [6, 6.07) is 3.41. The van der Waals surface area contributed by atoms with Crippen molar-refractivity contribution in [3.8, 4) is 0 Å². The first-order chi connectivity index (χ1) is 11.7. The molecule has 3 heterocycles. The Morgan fingerprint density at radius 1 is 1.46 bits per heavy atom. The molecule has 24 heavy (non-hydrogen) atoms. The van der Waals surface area contributed by atoms with Crippen molar-refractivity contribution in [2.75, 3.05) is 18.4 Å². The molecule has 0 unspecified atom stereocenters. The molecule has 3 rings (SSSR count). The van der Waals surface area contributed by atoms with E-state index >= 15 is 0 Å². The van der Waals surface area contributed by atoms with Crippen LogP contribution in [0.1, 0.15) is 36.7 Å². The van der Waals surface area contributed by atoms with E-state index in [1.165, 1.54) is 17.6 Å². The smallest absolute Gasteiger partial charge is 0.289 e. The standard InChI is InChI=1S/C17H21N3O3S/c1-2-12-11-20(16(22)14-4-3-8-23-14)7-5-13(12)10-15(21)19-17-18-6-9-24-17/h3-4,6,8-9,12-13H,2,5,7,10-11H2,1H3,(H,18,19,21)/t12-,13-/m0/s1. The maximum Gasteiger partial charge on any atom is 0.289 e. The van der Waals surface area contributed by atoms with Crippen molar-refractivity contribution in [1.29, 1.82) is 0 Å². The number of hydrogen-bond acceptors (Lipinski definition) is 5. The van der Waals surface area contributed by atoms with Gasteiger partial charge in [0.05, 0.1) is 6.26 Å². The van der Waals surface area contributed by atoms with Crippen LogP contribution in [0.15, 0.2) is 34.4 Å². The quantitative estimate of drug-likeness (QED) is 0.901. The number of carbonyl (C=O) groups excluding carboxylic acids is 2. The van der Waals surface area contributed by atoms with Crippen molar-refractivity contribution in [2.24, 2.45) is 11.8 Å². The van der Waals surface area contributed by atoms with Crippen LogP contribution in [0, 0.1) is 11.8 Å². The molecule has 0 saturated carbocycles. The van der Waals surface area contributed by atoms with Gasteiger partial charge in [0.2, 0.25) is 5.91 Å². The number of likely N-dealkylation sites (tertiary alicyclic amines) is 1. The molecule has 2 aromatic heterocycles. The minimum atomic E-state index is -0.0656. The summed E-state index contributed by atoms with van der Waals surface area (Å²) in [4.78, 5) is 30.5. The number of furan rings is 1. The average Bonchev–Trinajstić information content (AvgIpc) is 3.28. The van der Waals surface area contributed by atoms with Crippen LogP contribution in [0.25, 0.3) is 0 Å². The second kappa shape index (κ2) is 7.61. The Labute approximate surface area is 144 Å². The zero-order valence-corrected chi connectivity index (χ0v) is 14.4. The third-order valence-corrected chi connectivity index (χ3v) is 5.25. The summed E-state index contributed by atoms with van der Waals surface area (Å²) < 4.78 is 5.21. The normalized spacial score (nSPS) is 20.8. The molecule has 0 spiro atoms. The summed E-state index contributed by atoms with van der Waals surface area (Å²) >= 11 is 1.42. The molecule has 0 radical (unpaired) electrons. The molecule has 1 fully saturated rings. The lowest BCUT2D eigenvalue weighted by molar-refractivity contribution is -0.117. The van der Waals surface area contributed by atoms with Crippen LogP contribution in [0.3, 0.4) is 0 Å². The van der Waals surface area contributed by atoms with Crippen molar-refractivity contribution in [3.05, 3.63) is 35.7 Å². The van der Waals surface area contributed by atoms with Crippen LogP contribution in [0.5, 0.6) is 0 Å². The molecule has 7 heteroatoms. The van der Waals surface area contributed by atoms with Gasteiger partial charge in [-0.2, -0.15) is 0 Å². The van der Waals surface area contributed by atoms with Gasteiger partial charge in [0, 0.05) is 31.1 Å². The minimum absolute atomic E-state index is 0.000730. The number of nitrogens with one attached hydrogen (secondary N) is 1. The maximum absolute atomic E-state index is 12.4. The summed E-state index contributed by atoms with van der Waals surface area (Å²) in [5, 5.41) is 5.32. The predicted octanol–water partition coefficient (Wildman–Crippen LogP) is 3.25. The highest BCUT2D eigenvalue weighted by Gasteiger charge is 2.32. The molecule has 2 aromatic rings. The van der Waals surface area contributed by atoms with Gasteiger partial charge in [0.25, 0.3) is 5.91 Å². The molecule has 1 aliphatic rings. The zero-order valence-electron chi connectivity index (χ0n) is 13.6. The Balaban J connectivity index is 1.57. The van der Waals surface area contributed by atoms with E-state index in [1.807, 2.05) is 10.3 Å². The molecule has 0 bridgehead atoms. The molecule has 2 atom stereocenters. The van der Waals surface area contributed by atoms with Crippen molar-refractivity contribution >= 4 is 28.3 Å². The third kappa shape index (κ3) is 3.84. The lowest BCUT2D eigenvalue weighted by Gasteiger charge is -2.37. The number of rotatable bonds is 5. The first kappa shape index (κ1) is 16.7. The Morgan fingerprint density at radius 2 is 2.33 bits per heavy atom. The van der Waals surface area contributed by atoms with Gasteiger partial charge < -0.3 is 14.6 Å². The molecule has 1 N–H and O–H groups in total. The molecular weight excluding hydrogens is 326 g/mol. The Hall–Kier alpha value is -2.15. The van der Waals surface area contributed by atoms with Crippen molar-refractivity contribution in [1.82, 2.24) is 9.88 Å². The second-order valence-corrected chi connectivity index (χ2v) is 6.93. The van der Waals surface area contributed by atoms with Gasteiger partial charge in [0.1, 0.15) is 0 Å². The first-order valence-electron chi connectivity index (χ1n) is 8.19. The fourth-order valence-corrected chi connectivity index (χ4v) is 3.79. The monoisotopic (exact) mass is 347 g/mol. The topological polar surface area (TPSA) is 75.4 Å². The fraction of sp³-hybridized carbons (Fsp3) is 0.471. The summed E-state index contributed by atoms with van der Waals surface area (Å²) in [6.45, 7) is 3.44. The van der Waals surface area contributed by atoms with Crippen molar-refractivity contribution < 1.29 is 14.0 Å². The van der Waals surface area contributed by atoms with Crippen molar-refractivity contribution in [3.63, 3.8) is 0 Å². The van der Waals surface area contributed by atoms with E-state index < -0.39 is 0 Å². The molecule has 128 valence electrons. The Bertz CT molecular complexity index is 669. The number of amides is 2. The summed E-state index contributed by atoms with van der Waals surface area (Å²) in [5.74, 6) is 0.920. The summed E-state index contributed by atoms with van der Waals surface area (Å²) in [7, 11) is 0. The van der Waals surface area contributed by atoms with Crippen LogP contribution < -0.4 is 5.32 Å². The predicted molar refractivity (Wildman–Crippen MR) is 91.9 cm³/mol. The van der Waals surface area contributed by atoms with Crippen LogP contribution in [-0.4, -0.2) is 34.8 Å². The van der Waals surface area contributed by atoms with Gasteiger partial charge in [-0.15, -0.1) is 11.3 Å².